The first kappa shape index (κ1) is 17.1. The Labute approximate surface area is 147 Å². The number of hydrogen-bond acceptors (Lipinski definition) is 6. The number of furan rings is 1. The van der Waals surface area contributed by atoms with Crippen LogP contribution in [0.15, 0.2) is 50.2 Å². The molecule has 0 aliphatic carbocycles. The molecule has 0 aliphatic heterocycles. The third-order valence-corrected chi connectivity index (χ3v) is 3.70. The van der Waals surface area contributed by atoms with Gasteiger partial charge in [0.25, 0.3) is 0 Å². The molecule has 3 rings (SSSR count). The maximum atomic E-state index is 12.9. The normalized spacial score (nSPS) is 12.1. The summed E-state index contributed by atoms with van der Waals surface area (Å²) < 4.78 is 21.6. The quantitative estimate of drug-likeness (QED) is 0.637. The predicted molar refractivity (Wildman–Crippen MR) is 91.9 cm³/mol. The van der Waals surface area contributed by atoms with Crippen molar-refractivity contribution in [2.24, 2.45) is 0 Å². The van der Waals surface area contributed by atoms with Gasteiger partial charge >= 0.3 is 5.97 Å². The van der Waals surface area contributed by atoms with E-state index < -0.39 is 17.5 Å². The van der Waals surface area contributed by atoms with Crippen LogP contribution in [0.5, 0.6) is 5.75 Å². The van der Waals surface area contributed by atoms with Crippen molar-refractivity contribution in [2.75, 3.05) is 6.61 Å². The van der Waals surface area contributed by atoms with E-state index in [2.05, 4.69) is 0 Å². The standard InChI is InChI=1S/C18H15ClO6/c1-3-22-18(21)10(2)24-17-15(20)12-9-11(19)6-7-13(12)25-16(17)14-5-4-8-23-14/h4-10H,3H2,1-2H3. The minimum Gasteiger partial charge on any atom is -0.471 e. The number of halogens is 1. The average molecular weight is 363 g/mol. The Kier molecular flexibility index (Phi) is 4.81. The molecule has 0 bridgehead atoms. The van der Waals surface area contributed by atoms with Crippen molar-refractivity contribution in [3.8, 4) is 17.3 Å². The van der Waals surface area contributed by atoms with E-state index in [1.165, 1.54) is 19.3 Å². The fourth-order valence-electron chi connectivity index (χ4n) is 2.31. The van der Waals surface area contributed by atoms with Gasteiger partial charge in [-0.25, -0.2) is 4.79 Å². The summed E-state index contributed by atoms with van der Waals surface area (Å²) in [5.41, 5.74) is -0.122. The van der Waals surface area contributed by atoms with Crippen LogP contribution in [-0.2, 0) is 9.53 Å². The minimum absolute atomic E-state index is 0.0981. The van der Waals surface area contributed by atoms with Gasteiger partial charge in [-0.15, -0.1) is 0 Å². The number of esters is 1. The molecular weight excluding hydrogens is 348 g/mol. The van der Waals surface area contributed by atoms with E-state index in [0.717, 1.165) is 0 Å². The molecule has 3 aromatic rings. The third-order valence-electron chi connectivity index (χ3n) is 3.47. The summed E-state index contributed by atoms with van der Waals surface area (Å²) >= 11 is 5.97. The molecule has 2 aromatic heterocycles. The lowest BCUT2D eigenvalue weighted by Crippen LogP contribution is -2.28. The fourth-order valence-corrected chi connectivity index (χ4v) is 2.48. The van der Waals surface area contributed by atoms with Gasteiger partial charge in [0.1, 0.15) is 5.58 Å². The smallest absolute Gasteiger partial charge is 0.347 e. The topological polar surface area (TPSA) is 78.9 Å². The zero-order valence-electron chi connectivity index (χ0n) is 13.6. The summed E-state index contributed by atoms with van der Waals surface area (Å²) in [5.74, 6) is -0.315. The second-order valence-electron chi connectivity index (χ2n) is 5.22. The Morgan fingerprint density at radius 2 is 2.12 bits per heavy atom. The van der Waals surface area contributed by atoms with Crippen molar-refractivity contribution in [2.45, 2.75) is 20.0 Å². The van der Waals surface area contributed by atoms with Crippen LogP contribution in [0.4, 0.5) is 0 Å². The second-order valence-corrected chi connectivity index (χ2v) is 5.66. The molecule has 1 atom stereocenters. The van der Waals surface area contributed by atoms with Gasteiger partial charge in [0.15, 0.2) is 11.9 Å². The van der Waals surface area contributed by atoms with E-state index in [-0.39, 0.29) is 23.5 Å². The van der Waals surface area contributed by atoms with Crippen molar-refractivity contribution >= 4 is 28.5 Å². The van der Waals surface area contributed by atoms with Gasteiger partial charge in [-0.3, -0.25) is 4.79 Å². The van der Waals surface area contributed by atoms with Crippen LogP contribution in [-0.4, -0.2) is 18.7 Å². The van der Waals surface area contributed by atoms with Gasteiger partial charge in [0, 0.05) is 5.02 Å². The zero-order chi connectivity index (χ0) is 18.0. The number of hydrogen-bond donors (Lipinski definition) is 0. The first-order valence-electron chi connectivity index (χ1n) is 7.64. The van der Waals surface area contributed by atoms with E-state index in [4.69, 9.17) is 29.9 Å². The van der Waals surface area contributed by atoms with Crippen molar-refractivity contribution in [3.05, 3.63) is 51.8 Å². The Bertz CT molecular complexity index is 958. The van der Waals surface area contributed by atoms with E-state index in [0.29, 0.717) is 16.4 Å². The Balaban J connectivity index is 2.17. The summed E-state index contributed by atoms with van der Waals surface area (Å²) in [6.45, 7) is 3.39. The molecule has 0 fully saturated rings. The third kappa shape index (κ3) is 3.39. The first-order valence-corrected chi connectivity index (χ1v) is 8.02. The van der Waals surface area contributed by atoms with Crippen LogP contribution in [0.3, 0.4) is 0 Å². The van der Waals surface area contributed by atoms with E-state index >= 15 is 0 Å². The number of fused-ring (bicyclic) bond motifs is 1. The number of benzene rings is 1. The minimum atomic E-state index is -0.992. The molecule has 2 heterocycles. The van der Waals surface area contributed by atoms with Gasteiger partial charge in [0.05, 0.1) is 18.3 Å². The van der Waals surface area contributed by atoms with Crippen LogP contribution in [0, 0.1) is 0 Å². The maximum absolute atomic E-state index is 12.9. The average Bonchev–Trinajstić information content (AvgIpc) is 3.12. The molecule has 1 unspecified atom stereocenters. The highest BCUT2D eigenvalue weighted by Crippen LogP contribution is 2.32. The highest BCUT2D eigenvalue weighted by Gasteiger charge is 2.24. The monoisotopic (exact) mass is 362 g/mol. The molecule has 0 N–H and O–H groups in total. The maximum Gasteiger partial charge on any atom is 0.347 e. The zero-order valence-corrected chi connectivity index (χ0v) is 14.3. The Morgan fingerprint density at radius 3 is 2.80 bits per heavy atom. The molecule has 1 aromatic carbocycles. The lowest BCUT2D eigenvalue weighted by atomic mass is 10.2. The number of ether oxygens (including phenoxy) is 2. The van der Waals surface area contributed by atoms with E-state index in [1.807, 2.05) is 0 Å². The van der Waals surface area contributed by atoms with Gasteiger partial charge in [-0.1, -0.05) is 11.6 Å². The molecule has 0 radical (unpaired) electrons. The van der Waals surface area contributed by atoms with Gasteiger partial charge in [-0.05, 0) is 44.2 Å². The van der Waals surface area contributed by atoms with Crippen molar-refractivity contribution < 1.29 is 23.1 Å². The number of rotatable bonds is 5. The van der Waals surface area contributed by atoms with Crippen LogP contribution < -0.4 is 10.2 Å². The van der Waals surface area contributed by atoms with Crippen LogP contribution in [0.1, 0.15) is 13.8 Å². The Morgan fingerprint density at radius 1 is 1.32 bits per heavy atom. The van der Waals surface area contributed by atoms with Crippen LogP contribution in [0.2, 0.25) is 5.02 Å². The summed E-state index contributed by atoms with van der Waals surface area (Å²) in [6.07, 6.45) is 0.452. The molecule has 6 nitrogen and oxygen atoms in total. The van der Waals surface area contributed by atoms with Crippen molar-refractivity contribution in [1.29, 1.82) is 0 Å². The molecule has 0 spiro atoms. The predicted octanol–water partition coefficient (Wildman–Crippen LogP) is 4.04. The molecule has 0 amide bonds. The van der Waals surface area contributed by atoms with Crippen LogP contribution in [0.25, 0.3) is 22.5 Å². The van der Waals surface area contributed by atoms with Crippen molar-refractivity contribution in [3.63, 3.8) is 0 Å². The summed E-state index contributed by atoms with van der Waals surface area (Å²) in [4.78, 5) is 24.7. The highest BCUT2D eigenvalue weighted by molar-refractivity contribution is 6.31. The lowest BCUT2D eigenvalue weighted by Gasteiger charge is -2.15. The molecule has 130 valence electrons. The second kappa shape index (κ2) is 7.03. The SMILES string of the molecule is CCOC(=O)C(C)Oc1c(-c2ccco2)oc2ccc(Cl)cc2c1=O. The molecular formula is C18H15ClO6. The largest absolute Gasteiger partial charge is 0.471 e. The summed E-state index contributed by atoms with van der Waals surface area (Å²) in [6, 6.07) is 7.96. The van der Waals surface area contributed by atoms with E-state index in [1.54, 1.807) is 31.2 Å². The Hall–Kier alpha value is -2.73. The highest BCUT2D eigenvalue weighted by atomic mass is 35.5. The first-order chi connectivity index (χ1) is 12.0. The van der Waals surface area contributed by atoms with Crippen molar-refractivity contribution in [1.82, 2.24) is 0 Å². The van der Waals surface area contributed by atoms with Gasteiger partial charge < -0.3 is 18.3 Å². The number of carbonyl (C=O) groups excluding carboxylic acids is 1. The summed E-state index contributed by atoms with van der Waals surface area (Å²) in [7, 11) is 0. The summed E-state index contributed by atoms with van der Waals surface area (Å²) in [5, 5.41) is 0.629. The lowest BCUT2D eigenvalue weighted by molar-refractivity contribution is -0.150. The molecule has 0 aliphatic rings. The molecule has 0 saturated heterocycles. The van der Waals surface area contributed by atoms with Gasteiger partial charge in [0.2, 0.25) is 16.9 Å². The molecule has 7 heteroatoms. The van der Waals surface area contributed by atoms with Gasteiger partial charge in [-0.2, -0.15) is 0 Å². The fraction of sp³-hybridized carbons (Fsp3) is 0.222. The van der Waals surface area contributed by atoms with Crippen LogP contribution >= 0.6 is 11.6 Å². The molecule has 0 saturated carbocycles. The number of carbonyl (C=O) groups is 1. The molecule has 25 heavy (non-hydrogen) atoms. The van der Waals surface area contributed by atoms with E-state index in [9.17, 15) is 9.59 Å².